The molecule has 1 fully saturated rings. The molecular weight excluding hydrogens is 481 g/mol. The first-order valence-corrected chi connectivity index (χ1v) is 11.6. The van der Waals surface area contributed by atoms with Crippen LogP contribution in [0.2, 0.25) is 0 Å². The Kier molecular flexibility index (Phi) is 6.70. The summed E-state index contributed by atoms with van der Waals surface area (Å²) < 4.78 is 69.3. The topological polar surface area (TPSA) is 49.9 Å². The van der Waals surface area contributed by atoms with Gasteiger partial charge >= 0.3 is 6.36 Å². The van der Waals surface area contributed by atoms with Crippen LogP contribution in [0.5, 0.6) is 5.75 Å². The lowest BCUT2D eigenvalue weighted by Crippen LogP contribution is -2.49. The smallest absolute Gasteiger partial charge is 0.404 e. The van der Waals surface area contributed by atoms with Gasteiger partial charge in [0.2, 0.25) is 10.0 Å². The lowest BCUT2D eigenvalue weighted by molar-refractivity contribution is -0.275. The molecule has 0 N–H and O–H groups in total. The number of nitrogens with zero attached hydrogens (tertiary/aromatic N) is 2. The lowest BCUT2D eigenvalue weighted by Gasteiger charge is -2.34. The molecular formula is C17H18BrF3N2O3S2. The van der Waals surface area contributed by atoms with Gasteiger partial charge in [-0.1, -0.05) is 22.0 Å². The Bertz CT molecular complexity index is 897. The van der Waals surface area contributed by atoms with Gasteiger partial charge in [0.15, 0.2) is 5.75 Å². The summed E-state index contributed by atoms with van der Waals surface area (Å²) in [5, 5.41) is 2.01. The van der Waals surface area contributed by atoms with Gasteiger partial charge in [0, 0.05) is 42.1 Å². The highest BCUT2D eigenvalue weighted by atomic mass is 79.9. The molecule has 1 aromatic carbocycles. The largest absolute Gasteiger partial charge is 0.573 e. The van der Waals surface area contributed by atoms with Crippen molar-refractivity contribution in [1.29, 1.82) is 0 Å². The molecule has 0 amide bonds. The molecule has 154 valence electrons. The van der Waals surface area contributed by atoms with Crippen LogP contribution < -0.4 is 4.74 Å². The molecule has 11 heteroatoms. The Balaban J connectivity index is 1.68. The number of alkyl halides is 3. The van der Waals surface area contributed by atoms with Crippen LogP contribution in [-0.4, -0.2) is 56.7 Å². The minimum Gasteiger partial charge on any atom is -0.404 e. The SMILES string of the molecule is O=S(=O)(c1ccc(Br)cc1OC(F)(F)F)N1CCN(CCc2cccs2)CC1. The molecule has 0 radical (unpaired) electrons. The number of ether oxygens (including phenoxy) is 1. The summed E-state index contributed by atoms with van der Waals surface area (Å²) >= 11 is 4.72. The van der Waals surface area contributed by atoms with Crippen molar-refractivity contribution in [2.75, 3.05) is 32.7 Å². The van der Waals surface area contributed by atoms with Crippen molar-refractivity contribution in [3.8, 4) is 5.75 Å². The number of thiophene rings is 1. The summed E-state index contributed by atoms with van der Waals surface area (Å²) in [5.74, 6) is -0.734. The number of piperazine rings is 1. The molecule has 0 spiro atoms. The Morgan fingerprint density at radius 1 is 1.14 bits per heavy atom. The summed E-state index contributed by atoms with van der Waals surface area (Å²) in [5.41, 5.74) is 0. The summed E-state index contributed by atoms with van der Waals surface area (Å²) in [6.07, 6.45) is -4.09. The van der Waals surface area contributed by atoms with E-state index in [4.69, 9.17) is 0 Å². The van der Waals surface area contributed by atoms with E-state index in [1.54, 1.807) is 11.3 Å². The Hall–Kier alpha value is -1.14. The van der Waals surface area contributed by atoms with Crippen LogP contribution >= 0.6 is 27.3 Å². The maximum atomic E-state index is 12.9. The molecule has 2 aromatic rings. The number of halogens is 4. The highest BCUT2D eigenvalue weighted by Crippen LogP contribution is 2.34. The van der Waals surface area contributed by atoms with Crippen LogP contribution in [0.4, 0.5) is 13.2 Å². The van der Waals surface area contributed by atoms with Gasteiger partial charge in [-0.2, -0.15) is 4.31 Å². The van der Waals surface area contributed by atoms with Gasteiger partial charge in [0.1, 0.15) is 4.90 Å². The highest BCUT2D eigenvalue weighted by Gasteiger charge is 2.36. The molecule has 0 aliphatic carbocycles. The van der Waals surface area contributed by atoms with E-state index < -0.39 is 27.0 Å². The molecule has 1 aliphatic heterocycles. The predicted octanol–water partition coefficient (Wildman–Crippen LogP) is 3.96. The molecule has 0 atom stereocenters. The number of sulfonamides is 1. The van der Waals surface area contributed by atoms with E-state index in [1.165, 1.54) is 15.2 Å². The molecule has 3 rings (SSSR count). The average molecular weight is 499 g/mol. The molecule has 2 heterocycles. The fraction of sp³-hybridized carbons (Fsp3) is 0.412. The summed E-state index contributed by atoms with van der Waals surface area (Å²) in [6.45, 7) is 2.30. The van der Waals surface area contributed by atoms with Crippen molar-refractivity contribution >= 4 is 37.3 Å². The lowest BCUT2D eigenvalue weighted by atomic mass is 10.3. The second kappa shape index (κ2) is 8.70. The minimum atomic E-state index is -4.98. The molecule has 1 saturated heterocycles. The second-order valence-corrected chi connectivity index (χ2v) is 10.1. The van der Waals surface area contributed by atoms with Gasteiger partial charge in [0.05, 0.1) is 0 Å². The number of hydrogen-bond acceptors (Lipinski definition) is 5. The third-order valence-electron chi connectivity index (χ3n) is 4.34. The zero-order chi connectivity index (χ0) is 20.4. The van der Waals surface area contributed by atoms with Gasteiger partial charge in [-0.3, -0.25) is 0 Å². The Morgan fingerprint density at radius 2 is 1.86 bits per heavy atom. The number of hydrogen-bond donors (Lipinski definition) is 0. The summed E-state index contributed by atoms with van der Waals surface area (Å²) in [7, 11) is -4.10. The fourth-order valence-electron chi connectivity index (χ4n) is 2.96. The van der Waals surface area contributed by atoms with Crippen LogP contribution in [0.25, 0.3) is 0 Å². The zero-order valence-electron chi connectivity index (χ0n) is 14.7. The quantitative estimate of drug-likeness (QED) is 0.604. The van der Waals surface area contributed by atoms with Crippen LogP contribution in [0.3, 0.4) is 0 Å². The van der Waals surface area contributed by atoms with Crippen molar-refractivity contribution in [1.82, 2.24) is 9.21 Å². The average Bonchev–Trinajstić information content (AvgIpc) is 3.12. The standard InChI is InChI=1S/C17H18BrF3N2O3S2/c18-13-3-4-16(15(12-13)26-17(19,20)21)28(24,25)23-9-7-22(8-10-23)6-5-14-2-1-11-27-14/h1-4,11-12H,5-10H2. The minimum absolute atomic E-state index is 0.217. The van der Waals surface area contributed by atoms with E-state index in [1.807, 2.05) is 11.4 Å². The molecule has 0 unspecified atom stereocenters. The van der Waals surface area contributed by atoms with Gasteiger partial charge < -0.3 is 9.64 Å². The number of rotatable bonds is 6. The van der Waals surface area contributed by atoms with Gasteiger partial charge in [-0.15, -0.1) is 24.5 Å². The first-order valence-electron chi connectivity index (χ1n) is 8.45. The third-order valence-corrected chi connectivity index (χ3v) is 7.70. The van der Waals surface area contributed by atoms with E-state index in [0.29, 0.717) is 17.6 Å². The normalized spacial score (nSPS) is 17.0. The van der Waals surface area contributed by atoms with Crippen molar-refractivity contribution < 1.29 is 26.3 Å². The van der Waals surface area contributed by atoms with Gasteiger partial charge in [0.25, 0.3) is 0 Å². The van der Waals surface area contributed by atoms with Crippen molar-refractivity contribution in [3.63, 3.8) is 0 Å². The van der Waals surface area contributed by atoms with Crippen LogP contribution in [0.15, 0.2) is 45.1 Å². The van der Waals surface area contributed by atoms with E-state index in [-0.39, 0.29) is 13.1 Å². The zero-order valence-corrected chi connectivity index (χ0v) is 17.9. The molecule has 0 saturated carbocycles. The van der Waals surface area contributed by atoms with Crippen molar-refractivity contribution in [2.45, 2.75) is 17.7 Å². The van der Waals surface area contributed by atoms with Gasteiger partial charge in [-0.05, 0) is 36.1 Å². The van der Waals surface area contributed by atoms with Crippen LogP contribution in [0.1, 0.15) is 4.88 Å². The first kappa shape index (κ1) is 21.6. The molecule has 5 nitrogen and oxygen atoms in total. The maximum absolute atomic E-state index is 12.9. The van der Waals surface area contributed by atoms with Crippen molar-refractivity contribution in [3.05, 3.63) is 45.1 Å². The van der Waals surface area contributed by atoms with Crippen LogP contribution in [0, 0.1) is 0 Å². The highest BCUT2D eigenvalue weighted by molar-refractivity contribution is 9.10. The van der Waals surface area contributed by atoms with E-state index in [2.05, 4.69) is 31.6 Å². The number of benzene rings is 1. The van der Waals surface area contributed by atoms with Gasteiger partial charge in [-0.25, -0.2) is 8.42 Å². The maximum Gasteiger partial charge on any atom is 0.573 e. The fourth-order valence-corrected chi connectivity index (χ4v) is 5.51. The van der Waals surface area contributed by atoms with E-state index in [9.17, 15) is 21.6 Å². The predicted molar refractivity (Wildman–Crippen MR) is 104 cm³/mol. The first-order chi connectivity index (χ1) is 13.1. The molecule has 0 bridgehead atoms. The van der Waals surface area contributed by atoms with Crippen LogP contribution in [-0.2, 0) is 16.4 Å². The molecule has 28 heavy (non-hydrogen) atoms. The molecule has 1 aliphatic rings. The second-order valence-electron chi connectivity index (χ2n) is 6.21. The van der Waals surface area contributed by atoms with E-state index >= 15 is 0 Å². The van der Waals surface area contributed by atoms with Crippen molar-refractivity contribution in [2.24, 2.45) is 0 Å². The monoisotopic (exact) mass is 498 g/mol. The molecule has 1 aromatic heterocycles. The van der Waals surface area contributed by atoms with E-state index in [0.717, 1.165) is 25.1 Å². The Morgan fingerprint density at radius 3 is 2.46 bits per heavy atom. The third kappa shape index (κ3) is 5.47. The summed E-state index contributed by atoms with van der Waals surface area (Å²) in [4.78, 5) is 2.93. The Labute approximate surface area is 173 Å². The summed E-state index contributed by atoms with van der Waals surface area (Å²) in [6, 6.07) is 7.57.